The highest BCUT2D eigenvalue weighted by Crippen LogP contribution is 2.49. The summed E-state index contributed by atoms with van der Waals surface area (Å²) in [6.45, 7) is 9.11. The monoisotopic (exact) mass is 748 g/mol. The van der Waals surface area contributed by atoms with Crippen LogP contribution in [0.5, 0.6) is 0 Å². The van der Waals surface area contributed by atoms with Crippen molar-refractivity contribution in [3.05, 3.63) is 169 Å². The molecule has 0 amide bonds. The van der Waals surface area contributed by atoms with Crippen LogP contribution in [-0.2, 0) is 0 Å². The number of fused-ring (bicyclic) bond motifs is 13. The van der Waals surface area contributed by atoms with E-state index in [0.717, 1.165) is 33.9 Å². The van der Waals surface area contributed by atoms with Gasteiger partial charge in [-0.2, -0.15) is 0 Å². The molecule has 6 aromatic carbocycles. The van der Waals surface area contributed by atoms with Gasteiger partial charge >= 0.3 is 0 Å². The third-order valence-electron chi connectivity index (χ3n) is 12.4. The van der Waals surface area contributed by atoms with Gasteiger partial charge in [-0.25, -0.2) is 19.9 Å². The van der Waals surface area contributed by atoms with Crippen molar-refractivity contribution in [2.75, 3.05) is 0 Å². The highest BCUT2D eigenvalue weighted by atomic mass is 15.1. The summed E-state index contributed by atoms with van der Waals surface area (Å²) in [5.41, 5.74) is 13.7. The molecule has 0 radical (unpaired) electrons. The molecule has 0 aliphatic heterocycles. The summed E-state index contributed by atoms with van der Waals surface area (Å²) >= 11 is 0. The Morgan fingerprint density at radius 1 is 0.414 bits per heavy atom. The predicted molar refractivity (Wildman–Crippen MR) is 236 cm³/mol. The van der Waals surface area contributed by atoms with Crippen LogP contribution in [-0.4, -0.2) is 37.9 Å². The normalized spacial score (nSPS) is 12.1. The third-order valence-corrected chi connectivity index (χ3v) is 12.4. The zero-order valence-corrected chi connectivity index (χ0v) is 32.4. The van der Waals surface area contributed by atoms with Crippen LogP contribution in [0.3, 0.4) is 0 Å². The lowest BCUT2D eigenvalue weighted by atomic mass is 9.89. The molecule has 0 spiro atoms. The van der Waals surface area contributed by atoms with E-state index in [2.05, 4.69) is 144 Å². The number of imidazole rings is 2. The highest BCUT2D eigenvalue weighted by molar-refractivity contribution is 6.40. The summed E-state index contributed by atoms with van der Waals surface area (Å²) in [6.07, 6.45) is 11.6. The summed E-state index contributed by atoms with van der Waals surface area (Å²) < 4.78 is 8.85. The van der Waals surface area contributed by atoms with E-state index >= 15 is 0 Å². The molecular weight excluding hydrogens is 713 g/mol. The molecule has 0 aliphatic rings. The van der Waals surface area contributed by atoms with Crippen molar-refractivity contribution >= 4 is 65.7 Å². The molecule has 8 nitrogen and oxygen atoms in total. The maximum atomic E-state index is 4.78. The first-order valence-electron chi connectivity index (χ1n) is 19.6. The van der Waals surface area contributed by atoms with Gasteiger partial charge in [-0.05, 0) is 86.0 Å². The highest BCUT2D eigenvalue weighted by Gasteiger charge is 2.26. The molecule has 58 heavy (non-hydrogen) atoms. The van der Waals surface area contributed by atoms with E-state index in [1.54, 1.807) is 12.4 Å². The Bertz CT molecular complexity index is 3340. The summed E-state index contributed by atoms with van der Waals surface area (Å²) in [5.74, 6) is 1.39. The van der Waals surface area contributed by atoms with Crippen molar-refractivity contribution in [2.24, 2.45) is 0 Å². The van der Waals surface area contributed by atoms with Crippen LogP contribution in [0.4, 0.5) is 0 Å². The Morgan fingerprint density at radius 2 is 0.810 bits per heavy atom. The molecule has 0 aliphatic carbocycles. The quantitative estimate of drug-likeness (QED) is 0.168. The van der Waals surface area contributed by atoms with Crippen LogP contribution in [0.1, 0.15) is 22.5 Å². The minimum absolute atomic E-state index is 0.695. The van der Waals surface area contributed by atoms with Crippen molar-refractivity contribution in [3.8, 4) is 33.9 Å². The number of aromatic nitrogens is 8. The molecule has 6 heterocycles. The van der Waals surface area contributed by atoms with Gasteiger partial charge in [-0.15, -0.1) is 0 Å². The molecule has 0 unspecified atom stereocenters. The van der Waals surface area contributed by atoms with Crippen LogP contribution < -0.4 is 0 Å². The van der Waals surface area contributed by atoms with E-state index in [4.69, 9.17) is 9.97 Å². The summed E-state index contributed by atoms with van der Waals surface area (Å²) in [7, 11) is 0. The van der Waals surface area contributed by atoms with Crippen LogP contribution in [0, 0.1) is 27.7 Å². The molecule has 0 fully saturated rings. The van der Waals surface area contributed by atoms with Gasteiger partial charge in [0.25, 0.3) is 0 Å². The Balaban J connectivity index is 1.11. The number of benzene rings is 6. The molecule has 0 N–H and O–H groups in total. The molecule has 12 rings (SSSR count). The first-order chi connectivity index (χ1) is 28.4. The van der Waals surface area contributed by atoms with Crippen molar-refractivity contribution < 1.29 is 0 Å². The largest absolute Gasteiger partial charge is 0.313 e. The van der Waals surface area contributed by atoms with Gasteiger partial charge in [0.05, 0.1) is 22.4 Å². The average molecular weight is 749 g/mol. The Morgan fingerprint density at radius 3 is 1.21 bits per heavy atom. The molecular formula is C50H36N8. The average Bonchev–Trinajstić information content (AvgIpc) is 4.03. The van der Waals surface area contributed by atoms with Crippen molar-refractivity contribution in [2.45, 2.75) is 27.7 Å². The van der Waals surface area contributed by atoms with E-state index in [9.17, 15) is 0 Å². The van der Waals surface area contributed by atoms with Crippen LogP contribution in [0.2, 0.25) is 0 Å². The molecule has 276 valence electrons. The smallest absolute Gasteiger partial charge is 0.234 e. The van der Waals surface area contributed by atoms with Crippen molar-refractivity contribution in [3.63, 3.8) is 0 Å². The number of nitrogens with zero attached hydrogens (tertiary/aromatic N) is 8. The summed E-state index contributed by atoms with van der Waals surface area (Å²) in [6, 6.07) is 39.4. The van der Waals surface area contributed by atoms with Gasteiger partial charge < -0.3 is 9.13 Å². The second-order valence-corrected chi connectivity index (χ2v) is 15.4. The van der Waals surface area contributed by atoms with Crippen molar-refractivity contribution in [1.82, 2.24) is 37.9 Å². The summed E-state index contributed by atoms with van der Waals surface area (Å²) in [5, 5.41) is 10.2. The zero-order chi connectivity index (χ0) is 38.8. The Hall–Kier alpha value is -7.58. The van der Waals surface area contributed by atoms with Gasteiger partial charge in [0.15, 0.2) is 0 Å². The molecule has 0 saturated heterocycles. The number of hydrogen-bond donors (Lipinski definition) is 0. The van der Waals surface area contributed by atoms with E-state index in [1.165, 1.54) is 76.6 Å². The standard InChI is InChI=1S/C50H36N8/c1-29-31(3)57(35-19-15-33(16-20-35)41-27-55-25-9-23-51-49(55)53-41)47-39-13-7-6-12-38(39)46-44-30(2)32(4)58(48(44)40-14-8-5-11-37(40)45(46)43(29)47)36-21-17-34(18-22-36)42-28-56-26-10-24-52-50(56)54-42/h5-28H,1-4H3. The first kappa shape index (κ1) is 32.6. The SMILES string of the molecule is Cc1c(C)n(-c2ccc(-c3cn4cccnc4n3)cc2)c2c3ccccc3c3c4c(C)c(C)n(-c5ccc(-c6cn7cccnc7n6)cc5)c4c4ccccc4c3c12. The fraction of sp³-hybridized carbons (Fsp3) is 0.0800. The number of hydrogen-bond acceptors (Lipinski definition) is 4. The van der Waals surface area contributed by atoms with Crippen molar-refractivity contribution in [1.29, 1.82) is 0 Å². The maximum Gasteiger partial charge on any atom is 0.234 e. The lowest BCUT2D eigenvalue weighted by molar-refractivity contribution is 1.04. The van der Waals surface area contributed by atoms with E-state index in [-0.39, 0.29) is 0 Å². The topological polar surface area (TPSA) is 70.2 Å². The second kappa shape index (κ2) is 12.0. The van der Waals surface area contributed by atoms with E-state index in [1.807, 2.05) is 45.7 Å². The van der Waals surface area contributed by atoms with Gasteiger partial charge in [0.2, 0.25) is 11.6 Å². The number of rotatable bonds is 4. The predicted octanol–water partition coefficient (Wildman–Crippen LogP) is 11.7. The lowest BCUT2D eigenvalue weighted by Crippen LogP contribution is -1.98. The first-order valence-corrected chi connectivity index (χ1v) is 19.6. The van der Waals surface area contributed by atoms with Gasteiger partial charge in [-0.3, -0.25) is 8.80 Å². The van der Waals surface area contributed by atoms with Crippen LogP contribution >= 0.6 is 0 Å². The fourth-order valence-electron chi connectivity index (χ4n) is 9.48. The van der Waals surface area contributed by atoms with E-state index < -0.39 is 0 Å². The molecule has 8 heteroatoms. The van der Waals surface area contributed by atoms with Gasteiger partial charge in [-0.1, -0.05) is 72.8 Å². The third kappa shape index (κ3) is 4.45. The van der Waals surface area contributed by atoms with Gasteiger partial charge in [0, 0.05) is 103 Å². The maximum absolute atomic E-state index is 4.78. The zero-order valence-electron chi connectivity index (χ0n) is 32.4. The van der Waals surface area contributed by atoms with Crippen LogP contribution in [0.15, 0.2) is 146 Å². The molecule has 6 aromatic heterocycles. The Labute approximate surface area is 332 Å². The molecule has 0 saturated carbocycles. The lowest BCUT2D eigenvalue weighted by Gasteiger charge is -2.17. The fourth-order valence-corrected chi connectivity index (χ4v) is 9.48. The molecule has 0 atom stereocenters. The molecule has 12 aromatic rings. The van der Waals surface area contributed by atoms with E-state index in [0.29, 0.717) is 11.6 Å². The minimum atomic E-state index is 0.695. The molecule has 0 bridgehead atoms. The summed E-state index contributed by atoms with van der Waals surface area (Å²) in [4.78, 5) is 18.4. The van der Waals surface area contributed by atoms with Gasteiger partial charge in [0.1, 0.15) is 0 Å². The second-order valence-electron chi connectivity index (χ2n) is 15.4. The minimum Gasteiger partial charge on any atom is -0.313 e. The Kier molecular flexibility index (Phi) is 6.73. The number of aryl methyl sites for hydroxylation is 2. The van der Waals surface area contributed by atoms with Crippen LogP contribution in [0.25, 0.3) is 99.6 Å².